The van der Waals surface area contributed by atoms with Crippen LogP contribution in [0, 0.1) is 0 Å². The molecular formula is C12H10O3. The number of para-hydroxylation sites is 1. The molecule has 2 atom stereocenters. The summed E-state index contributed by atoms with van der Waals surface area (Å²) < 4.78 is 5.51. The zero-order valence-electron chi connectivity index (χ0n) is 7.92. The van der Waals surface area contributed by atoms with Crippen LogP contribution in [-0.4, -0.2) is 16.3 Å². The number of rotatable bonds is 0. The van der Waals surface area contributed by atoms with Gasteiger partial charge in [-0.2, -0.15) is 0 Å². The maximum atomic E-state index is 9.74. The summed E-state index contributed by atoms with van der Waals surface area (Å²) in [7, 11) is 0. The fourth-order valence-corrected chi connectivity index (χ4v) is 1.93. The molecule has 3 rings (SSSR count). The second kappa shape index (κ2) is 2.95. The number of aliphatic hydroxyl groups is 2. The van der Waals surface area contributed by atoms with Crippen molar-refractivity contribution < 1.29 is 14.6 Å². The fraction of sp³-hybridized carbons (Fsp3) is 0.167. The van der Waals surface area contributed by atoms with Gasteiger partial charge in [-0.25, -0.2) is 0 Å². The average molecular weight is 202 g/mol. The normalized spacial score (nSPS) is 24.4. The van der Waals surface area contributed by atoms with Crippen molar-refractivity contribution in [3.8, 4) is 0 Å². The minimum Gasteiger partial charge on any atom is -0.458 e. The van der Waals surface area contributed by atoms with E-state index >= 15 is 0 Å². The van der Waals surface area contributed by atoms with E-state index in [-0.39, 0.29) is 0 Å². The van der Waals surface area contributed by atoms with E-state index < -0.39 is 12.2 Å². The first-order valence-corrected chi connectivity index (χ1v) is 4.83. The Labute approximate surface area is 86.3 Å². The highest BCUT2D eigenvalue weighted by Crippen LogP contribution is 2.35. The third-order valence-electron chi connectivity index (χ3n) is 2.71. The molecule has 0 saturated heterocycles. The number of hydrogen-bond donors (Lipinski definition) is 2. The number of furan rings is 1. The summed E-state index contributed by atoms with van der Waals surface area (Å²) >= 11 is 0. The molecule has 1 aromatic carbocycles. The van der Waals surface area contributed by atoms with Crippen molar-refractivity contribution in [2.24, 2.45) is 0 Å². The summed E-state index contributed by atoms with van der Waals surface area (Å²) in [6.45, 7) is 0. The van der Waals surface area contributed by atoms with Crippen LogP contribution in [0.25, 0.3) is 17.0 Å². The predicted octanol–water partition coefficient (Wildman–Crippen LogP) is 1.85. The van der Waals surface area contributed by atoms with Crippen LogP contribution in [-0.2, 0) is 0 Å². The third kappa shape index (κ3) is 1.14. The maximum absolute atomic E-state index is 9.74. The molecule has 3 nitrogen and oxygen atoms in total. The van der Waals surface area contributed by atoms with Gasteiger partial charge in [-0.15, -0.1) is 0 Å². The van der Waals surface area contributed by atoms with E-state index in [0.29, 0.717) is 5.76 Å². The van der Waals surface area contributed by atoms with E-state index in [9.17, 15) is 10.2 Å². The van der Waals surface area contributed by atoms with Crippen molar-refractivity contribution in [3.05, 3.63) is 41.7 Å². The number of hydrogen-bond acceptors (Lipinski definition) is 3. The van der Waals surface area contributed by atoms with Crippen LogP contribution < -0.4 is 0 Å². The molecule has 0 unspecified atom stereocenters. The smallest absolute Gasteiger partial charge is 0.144 e. The molecule has 2 aromatic rings. The van der Waals surface area contributed by atoms with Crippen molar-refractivity contribution in [3.63, 3.8) is 0 Å². The van der Waals surface area contributed by atoms with Crippen molar-refractivity contribution in [2.45, 2.75) is 12.2 Å². The largest absolute Gasteiger partial charge is 0.458 e. The Hall–Kier alpha value is -1.58. The Balaban J connectivity index is 2.33. The van der Waals surface area contributed by atoms with E-state index in [1.807, 2.05) is 24.3 Å². The summed E-state index contributed by atoms with van der Waals surface area (Å²) in [6, 6.07) is 7.58. The second-order valence-corrected chi connectivity index (χ2v) is 3.67. The molecule has 0 amide bonds. The topological polar surface area (TPSA) is 53.6 Å². The summed E-state index contributed by atoms with van der Waals surface area (Å²) in [5.41, 5.74) is 1.60. The van der Waals surface area contributed by atoms with Crippen LogP contribution in [0.5, 0.6) is 0 Å². The molecule has 0 saturated carbocycles. The van der Waals surface area contributed by atoms with Gasteiger partial charge in [-0.3, -0.25) is 0 Å². The molecule has 1 heterocycles. The Bertz CT molecular complexity index is 539. The fourth-order valence-electron chi connectivity index (χ4n) is 1.93. The molecule has 76 valence electrons. The number of benzene rings is 1. The highest BCUT2D eigenvalue weighted by molar-refractivity contribution is 5.89. The number of fused-ring (bicyclic) bond motifs is 3. The Kier molecular flexibility index (Phi) is 1.71. The van der Waals surface area contributed by atoms with Gasteiger partial charge in [0.05, 0.1) is 0 Å². The lowest BCUT2D eigenvalue weighted by Crippen LogP contribution is -2.18. The van der Waals surface area contributed by atoms with E-state index in [1.165, 1.54) is 0 Å². The monoisotopic (exact) mass is 202 g/mol. The van der Waals surface area contributed by atoms with Gasteiger partial charge in [0, 0.05) is 10.9 Å². The van der Waals surface area contributed by atoms with Crippen LogP contribution in [0.1, 0.15) is 17.4 Å². The van der Waals surface area contributed by atoms with Gasteiger partial charge < -0.3 is 14.6 Å². The van der Waals surface area contributed by atoms with Crippen LogP contribution in [0.2, 0.25) is 0 Å². The molecule has 1 aliphatic rings. The van der Waals surface area contributed by atoms with E-state index in [2.05, 4.69) is 0 Å². The molecule has 15 heavy (non-hydrogen) atoms. The van der Waals surface area contributed by atoms with Gasteiger partial charge in [0.15, 0.2) is 0 Å². The van der Waals surface area contributed by atoms with Gasteiger partial charge in [-0.1, -0.05) is 30.4 Å². The SMILES string of the molecule is O[C@H]1C=Cc2c(oc3ccccc23)[C@@H]1O. The lowest BCUT2D eigenvalue weighted by atomic mass is 9.98. The standard InChI is InChI=1S/C12H10O3/c13-9-6-5-8-7-3-1-2-4-10(7)15-12(8)11(9)14/h1-6,9,11,13-14H/t9-,11+/m0/s1. The minimum atomic E-state index is -0.961. The summed E-state index contributed by atoms with van der Waals surface area (Å²) in [5, 5.41) is 20.2. The van der Waals surface area contributed by atoms with Gasteiger partial charge in [-0.05, 0) is 6.07 Å². The third-order valence-corrected chi connectivity index (χ3v) is 2.71. The molecule has 3 heteroatoms. The average Bonchev–Trinajstić information content (AvgIpc) is 2.63. The van der Waals surface area contributed by atoms with Crippen molar-refractivity contribution in [1.29, 1.82) is 0 Å². The van der Waals surface area contributed by atoms with Crippen molar-refractivity contribution >= 4 is 17.0 Å². The van der Waals surface area contributed by atoms with E-state index in [4.69, 9.17) is 4.42 Å². The Morgan fingerprint density at radius 1 is 1.13 bits per heavy atom. The lowest BCUT2D eigenvalue weighted by molar-refractivity contribution is 0.0330. The molecule has 0 spiro atoms. The van der Waals surface area contributed by atoms with Gasteiger partial charge in [0.2, 0.25) is 0 Å². The van der Waals surface area contributed by atoms with Crippen LogP contribution in [0.3, 0.4) is 0 Å². The van der Waals surface area contributed by atoms with Crippen molar-refractivity contribution in [2.75, 3.05) is 0 Å². The van der Waals surface area contributed by atoms with Gasteiger partial charge >= 0.3 is 0 Å². The molecule has 0 radical (unpaired) electrons. The quantitative estimate of drug-likeness (QED) is 0.685. The van der Waals surface area contributed by atoms with Gasteiger partial charge in [0.25, 0.3) is 0 Å². The zero-order valence-corrected chi connectivity index (χ0v) is 7.92. The van der Waals surface area contributed by atoms with E-state index in [0.717, 1.165) is 16.5 Å². The summed E-state index contributed by atoms with van der Waals surface area (Å²) in [5.74, 6) is 0.450. The molecule has 0 bridgehead atoms. The molecule has 1 aromatic heterocycles. The maximum Gasteiger partial charge on any atom is 0.144 e. The van der Waals surface area contributed by atoms with Gasteiger partial charge in [0.1, 0.15) is 23.6 Å². The molecule has 2 N–H and O–H groups in total. The first-order chi connectivity index (χ1) is 7.27. The Morgan fingerprint density at radius 2 is 1.93 bits per heavy atom. The molecule has 0 aliphatic heterocycles. The number of aliphatic hydroxyl groups excluding tert-OH is 2. The highest BCUT2D eigenvalue weighted by atomic mass is 16.4. The van der Waals surface area contributed by atoms with Crippen molar-refractivity contribution in [1.82, 2.24) is 0 Å². The first kappa shape index (κ1) is 8.71. The summed E-state index contributed by atoms with van der Waals surface area (Å²) in [6.07, 6.45) is 1.53. The van der Waals surface area contributed by atoms with Crippen LogP contribution in [0.15, 0.2) is 34.8 Å². The Morgan fingerprint density at radius 3 is 2.80 bits per heavy atom. The molecule has 1 aliphatic carbocycles. The second-order valence-electron chi connectivity index (χ2n) is 3.67. The zero-order chi connectivity index (χ0) is 10.4. The highest BCUT2D eigenvalue weighted by Gasteiger charge is 2.27. The molecular weight excluding hydrogens is 192 g/mol. The van der Waals surface area contributed by atoms with E-state index in [1.54, 1.807) is 12.2 Å². The molecule has 0 fully saturated rings. The van der Waals surface area contributed by atoms with Crippen LogP contribution in [0.4, 0.5) is 0 Å². The predicted molar refractivity (Wildman–Crippen MR) is 56.2 cm³/mol. The minimum absolute atomic E-state index is 0.450. The summed E-state index contributed by atoms with van der Waals surface area (Å²) in [4.78, 5) is 0. The first-order valence-electron chi connectivity index (χ1n) is 4.83. The van der Waals surface area contributed by atoms with Crippen LogP contribution >= 0.6 is 0 Å². The lowest BCUT2D eigenvalue weighted by Gasteiger charge is -2.16.